The standard InChI is InChI=1S/C18H32N2O2/c1-13-10-14(2)12-20(11-13)16(21)15-6-8-19(9-7-15)17(22)18(3,4)5/h13-15H,6-12H2,1-5H3/t13-,14+. The van der Waals surface area contributed by atoms with Crippen molar-refractivity contribution in [2.24, 2.45) is 23.2 Å². The highest BCUT2D eigenvalue weighted by molar-refractivity contribution is 5.82. The van der Waals surface area contributed by atoms with Crippen LogP contribution in [0.1, 0.15) is 53.9 Å². The van der Waals surface area contributed by atoms with Crippen molar-refractivity contribution >= 4 is 11.8 Å². The monoisotopic (exact) mass is 308 g/mol. The molecule has 2 rings (SSSR count). The predicted octanol–water partition coefficient (Wildman–Crippen LogP) is 2.78. The molecule has 0 aliphatic carbocycles. The Morgan fingerprint density at radius 2 is 1.41 bits per heavy atom. The van der Waals surface area contributed by atoms with Crippen LogP contribution in [0.25, 0.3) is 0 Å². The molecule has 0 spiro atoms. The average Bonchev–Trinajstić information content (AvgIpc) is 2.44. The van der Waals surface area contributed by atoms with Crippen LogP contribution in [0, 0.1) is 23.2 Å². The first-order valence-electron chi connectivity index (χ1n) is 8.76. The molecule has 0 bridgehead atoms. The van der Waals surface area contributed by atoms with Gasteiger partial charge in [-0.15, -0.1) is 0 Å². The summed E-state index contributed by atoms with van der Waals surface area (Å²) in [5.74, 6) is 1.85. The second-order valence-electron chi connectivity index (χ2n) is 8.51. The predicted molar refractivity (Wildman–Crippen MR) is 88.3 cm³/mol. The summed E-state index contributed by atoms with van der Waals surface area (Å²) in [6, 6.07) is 0. The molecular weight excluding hydrogens is 276 g/mol. The summed E-state index contributed by atoms with van der Waals surface area (Å²) in [5.41, 5.74) is -0.325. The van der Waals surface area contributed by atoms with Crippen LogP contribution < -0.4 is 0 Å². The summed E-state index contributed by atoms with van der Waals surface area (Å²) in [4.78, 5) is 29.1. The van der Waals surface area contributed by atoms with Gasteiger partial charge in [-0.3, -0.25) is 9.59 Å². The summed E-state index contributed by atoms with van der Waals surface area (Å²) >= 11 is 0. The van der Waals surface area contributed by atoms with Gasteiger partial charge in [0.25, 0.3) is 0 Å². The molecule has 0 N–H and O–H groups in total. The lowest BCUT2D eigenvalue weighted by Gasteiger charge is -2.40. The van der Waals surface area contributed by atoms with Gasteiger partial charge in [-0.1, -0.05) is 34.6 Å². The molecule has 0 aromatic carbocycles. The fourth-order valence-electron chi connectivity index (χ4n) is 3.90. The molecule has 126 valence electrons. The molecule has 0 saturated carbocycles. The summed E-state index contributed by atoms with van der Waals surface area (Å²) < 4.78 is 0. The fourth-order valence-corrected chi connectivity index (χ4v) is 3.90. The van der Waals surface area contributed by atoms with Crippen LogP contribution in [0.4, 0.5) is 0 Å². The van der Waals surface area contributed by atoms with Gasteiger partial charge in [-0.2, -0.15) is 0 Å². The summed E-state index contributed by atoms with van der Waals surface area (Å²) in [6.07, 6.45) is 2.86. The molecule has 2 atom stereocenters. The van der Waals surface area contributed by atoms with Crippen molar-refractivity contribution in [1.29, 1.82) is 0 Å². The van der Waals surface area contributed by atoms with Crippen LogP contribution in [-0.4, -0.2) is 47.8 Å². The van der Waals surface area contributed by atoms with Gasteiger partial charge in [0, 0.05) is 37.5 Å². The van der Waals surface area contributed by atoms with E-state index in [2.05, 4.69) is 18.7 Å². The van der Waals surface area contributed by atoms with E-state index in [1.807, 2.05) is 25.7 Å². The van der Waals surface area contributed by atoms with Crippen molar-refractivity contribution in [2.75, 3.05) is 26.2 Å². The maximum Gasteiger partial charge on any atom is 0.227 e. The Morgan fingerprint density at radius 3 is 1.86 bits per heavy atom. The van der Waals surface area contributed by atoms with E-state index in [1.165, 1.54) is 6.42 Å². The van der Waals surface area contributed by atoms with Gasteiger partial charge in [0.05, 0.1) is 0 Å². The molecule has 4 nitrogen and oxygen atoms in total. The first-order valence-corrected chi connectivity index (χ1v) is 8.76. The average molecular weight is 308 g/mol. The van der Waals surface area contributed by atoms with Crippen molar-refractivity contribution in [2.45, 2.75) is 53.9 Å². The molecule has 2 aliphatic rings. The Balaban J connectivity index is 1.89. The van der Waals surface area contributed by atoms with Gasteiger partial charge in [0.2, 0.25) is 11.8 Å². The fraction of sp³-hybridized carbons (Fsp3) is 0.889. The molecule has 2 fully saturated rings. The van der Waals surface area contributed by atoms with Gasteiger partial charge in [-0.25, -0.2) is 0 Å². The molecule has 2 heterocycles. The second kappa shape index (κ2) is 6.59. The molecule has 22 heavy (non-hydrogen) atoms. The lowest BCUT2D eigenvalue weighted by Crippen LogP contribution is -2.49. The van der Waals surface area contributed by atoms with Crippen molar-refractivity contribution < 1.29 is 9.59 Å². The molecule has 0 radical (unpaired) electrons. The minimum atomic E-state index is -0.325. The van der Waals surface area contributed by atoms with Crippen LogP contribution in [0.5, 0.6) is 0 Å². The zero-order valence-electron chi connectivity index (χ0n) is 14.9. The van der Waals surface area contributed by atoms with Crippen molar-refractivity contribution in [1.82, 2.24) is 9.80 Å². The quantitative estimate of drug-likeness (QED) is 0.747. The van der Waals surface area contributed by atoms with Crippen LogP contribution in [0.15, 0.2) is 0 Å². The number of carbonyl (C=O) groups excluding carboxylic acids is 2. The summed E-state index contributed by atoms with van der Waals surface area (Å²) in [5, 5.41) is 0. The van der Waals surface area contributed by atoms with E-state index in [0.717, 1.165) is 39.0 Å². The second-order valence-corrected chi connectivity index (χ2v) is 8.51. The van der Waals surface area contributed by atoms with Crippen molar-refractivity contribution in [3.05, 3.63) is 0 Å². The molecule has 0 aromatic rings. The Labute approximate surface area is 135 Å². The Kier molecular flexibility index (Phi) is 5.18. The molecule has 0 unspecified atom stereocenters. The van der Waals surface area contributed by atoms with Crippen molar-refractivity contribution in [3.8, 4) is 0 Å². The van der Waals surface area contributed by atoms with Gasteiger partial charge < -0.3 is 9.80 Å². The highest BCUT2D eigenvalue weighted by Crippen LogP contribution is 2.27. The summed E-state index contributed by atoms with van der Waals surface area (Å²) in [7, 11) is 0. The molecular formula is C18H32N2O2. The summed E-state index contributed by atoms with van der Waals surface area (Å²) in [6.45, 7) is 13.6. The van der Waals surface area contributed by atoms with E-state index in [4.69, 9.17) is 0 Å². The van der Waals surface area contributed by atoms with E-state index in [9.17, 15) is 9.59 Å². The largest absolute Gasteiger partial charge is 0.342 e. The van der Waals surface area contributed by atoms with Gasteiger partial charge in [-0.05, 0) is 31.1 Å². The Bertz CT molecular complexity index is 409. The molecule has 4 heteroatoms. The third-order valence-corrected chi connectivity index (χ3v) is 4.95. The first-order chi connectivity index (χ1) is 10.2. The van der Waals surface area contributed by atoms with Gasteiger partial charge >= 0.3 is 0 Å². The number of carbonyl (C=O) groups is 2. The highest BCUT2D eigenvalue weighted by atomic mass is 16.2. The minimum absolute atomic E-state index is 0.113. The lowest BCUT2D eigenvalue weighted by atomic mass is 9.88. The molecule has 2 amide bonds. The van der Waals surface area contributed by atoms with Crippen LogP contribution in [-0.2, 0) is 9.59 Å². The number of hydrogen-bond donors (Lipinski definition) is 0. The van der Waals surface area contributed by atoms with Crippen molar-refractivity contribution in [3.63, 3.8) is 0 Å². The normalized spacial score (nSPS) is 27.9. The zero-order valence-corrected chi connectivity index (χ0v) is 14.9. The lowest BCUT2D eigenvalue weighted by molar-refractivity contribution is -0.146. The zero-order chi connectivity index (χ0) is 16.5. The van der Waals surface area contributed by atoms with E-state index in [1.54, 1.807) is 0 Å². The van der Waals surface area contributed by atoms with Gasteiger partial charge in [0.15, 0.2) is 0 Å². The highest BCUT2D eigenvalue weighted by Gasteiger charge is 2.35. The number of piperidine rings is 2. The van der Waals surface area contributed by atoms with E-state index < -0.39 is 0 Å². The van der Waals surface area contributed by atoms with E-state index >= 15 is 0 Å². The molecule has 2 aliphatic heterocycles. The minimum Gasteiger partial charge on any atom is -0.342 e. The topological polar surface area (TPSA) is 40.6 Å². The smallest absolute Gasteiger partial charge is 0.227 e. The third kappa shape index (κ3) is 4.02. The van der Waals surface area contributed by atoms with Crippen LogP contribution in [0.3, 0.4) is 0 Å². The Morgan fingerprint density at radius 1 is 0.909 bits per heavy atom. The number of rotatable bonds is 1. The maximum absolute atomic E-state index is 12.7. The maximum atomic E-state index is 12.7. The van der Waals surface area contributed by atoms with Crippen LogP contribution in [0.2, 0.25) is 0 Å². The first kappa shape index (κ1) is 17.3. The number of amides is 2. The number of hydrogen-bond acceptors (Lipinski definition) is 2. The van der Waals surface area contributed by atoms with Gasteiger partial charge in [0.1, 0.15) is 0 Å². The number of likely N-dealkylation sites (tertiary alicyclic amines) is 2. The van der Waals surface area contributed by atoms with E-state index in [0.29, 0.717) is 17.7 Å². The van der Waals surface area contributed by atoms with E-state index in [-0.39, 0.29) is 17.2 Å². The third-order valence-electron chi connectivity index (χ3n) is 4.95. The molecule has 2 saturated heterocycles. The SMILES string of the molecule is C[C@@H]1C[C@H](C)CN(C(=O)C2CCN(C(=O)C(C)(C)C)CC2)C1. The van der Waals surface area contributed by atoms with Crippen LogP contribution >= 0.6 is 0 Å². The molecule has 0 aromatic heterocycles. The Hall–Kier alpha value is -1.06. The number of nitrogens with zero attached hydrogens (tertiary/aromatic N) is 2.